The van der Waals surface area contributed by atoms with E-state index < -0.39 is 0 Å². The molecule has 5 heteroatoms. The average molecular weight is 520 g/mol. The Morgan fingerprint density at radius 3 is 2.52 bits per heavy atom. The molecule has 0 aliphatic rings. The quantitative estimate of drug-likeness (QED) is 0.190. The van der Waals surface area contributed by atoms with Crippen molar-refractivity contribution < 1.29 is 9.53 Å². The number of aryl methyl sites for hydroxylation is 1. The molecule has 0 aromatic heterocycles. The van der Waals surface area contributed by atoms with Crippen LogP contribution >= 0.6 is 22.6 Å². The molecule has 31 heavy (non-hydrogen) atoms. The van der Waals surface area contributed by atoms with Crippen LogP contribution in [0.25, 0.3) is 10.8 Å². The Bertz CT molecular complexity index is 1250. The summed E-state index contributed by atoms with van der Waals surface area (Å²) in [4.78, 5) is 12.5. The van der Waals surface area contributed by atoms with E-state index >= 15 is 0 Å². The molecular weight excluding hydrogens is 499 g/mol. The summed E-state index contributed by atoms with van der Waals surface area (Å²) in [5.74, 6) is 0.474. The number of carbonyl (C=O) groups is 1. The summed E-state index contributed by atoms with van der Waals surface area (Å²) >= 11 is 2.28. The van der Waals surface area contributed by atoms with Gasteiger partial charge in [0.2, 0.25) is 0 Å². The number of ether oxygens (including phenoxy) is 1. The van der Waals surface area contributed by atoms with E-state index in [-0.39, 0.29) is 5.91 Å². The molecule has 0 fully saturated rings. The summed E-state index contributed by atoms with van der Waals surface area (Å²) < 4.78 is 7.31. The number of halogens is 1. The number of rotatable bonds is 6. The van der Waals surface area contributed by atoms with Gasteiger partial charge in [0, 0.05) is 14.7 Å². The third-order valence-corrected chi connectivity index (χ3v) is 5.71. The molecule has 0 aliphatic carbocycles. The van der Waals surface area contributed by atoms with Gasteiger partial charge in [0.1, 0.15) is 12.4 Å². The Morgan fingerprint density at radius 1 is 0.968 bits per heavy atom. The number of nitrogens with zero attached hydrogens (tertiary/aromatic N) is 1. The molecule has 1 N–H and O–H groups in total. The van der Waals surface area contributed by atoms with Gasteiger partial charge in [0.15, 0.2) is 0 Å². The van der Waals surface area contributed by atoms with Crippen molar-refractivity contribution in [2.45, 2.75) is 13.5 Å². The third-order valence-electron chi connectivity index (χ3n) is 4.99. The van der Waals surface area contributed by atoms with Gasteiger partial charge in [-0.1, -0.05) is 60.7 Å². The summed E-state index contributed by atoms with van der Waals surface area (Å²) in [6.45, 7) is 2.35. The lowest BCUT2D eigenvalue weighted by Gasteiger charge is -2.12. The maximum Gasteiger partial charge on any atom is 0.271 e. The Labute approximate surface area is 195 Å². The first-order chi connectivity index (χ1) is 15.1. The monoisotopic (exact) mass is 520 g/mol. The molecule has 0 spiro atoms. The number of nitrogens with one attached hydrogen (secondary N) is 1. The predicted molar refractivity (Wildman–Crippen MR) is 134 cm³/mol. The predicted octanol–water partition coefficient (Wildman–Crippen LogP) is 6.10. The third kappa shape index (κ3) is 5.11. The lowest BCUT2D eigenvalue weighted by atomic mass is 10.0. The van der Waals surface area contributed by atoms with Gasteiger partial charge >= 0.3 is 0 Å². The summed E-state index contributed by atoms with van der Waals surface area (Å²) in [5.41, 5.74) is 6.06. The fraction of sp³-hybridized carbons (Fsp3) is 0.0769. The van der Waals surface area contributed by atoms with Crippen molar-refractivity contribution in [2.75, 3.05) is 0 Å². The molecule has 4 aromatic rings. The molecule has 0 saturated carbocycles. The van der Waals surface area contributed by atoms with Gasteiger partial charge in [-0.15, -0.1) is 0 Å². The van der Waals surface area contributed by atoms with Crippen LogP contribution < -0.4 is 10.2 Å². The zero-order valence-electron chi connectivity index (χ0n) is 17.0. The topological polar surface area (TPSA) is 50.7 Å². The van der Waals surface area contributed by atoms with Crippen molar-refractivity contribution >= 4 is 45.5 Å². The minimum atomic E-state index is -0.240. The van der Waals surface area contributed by atoms with E-state index in [4.69, 9.17) is 4.74 Å². The first-order valence-corrected chi connectivity index (χ1v) is 11.0. The summed E-state index contributed by atoms with van der Waals surface area (Å²) in [5, 5.41) is 6.32. The Hall–Kier alpha value is -3.19. The Morgan fingerprint density at radius 2 is 1.71 bits per heavy atom. The van der Waals surface area contributed by atoms with Crippen LogP contribution in [0.15, 0.2) is 90.0 Å². The first-order valence-electron chi connectivity index (χ1n) is 9.90. The molecule has 4 rings (SSSR count). The minimum absolute atomic E-state index is 0.240. The molecule has 0 saturated heterocycles. The Kier molecular flexibility index (Phi) is 6.62. The second kappa shape index (κ2) is 9.75. The standard InChI is InChI=1S/C26H21IN2O2/c1-18-6-2-4-8-22(18)26(30)29-28-16-24-23-9-5-3-7-20(23)12-15-25(24)31-17-19-10-13-21(27)14-11-19/h2-16H,17H2,1H3,(H,29,30)/b28-16+. The summed E-state index contributed by atoms with van der Waals surface area (Å²) in [6, 6.07) is 27.7. The minimum Gasteiger partial charge on any atom is -0.488 e. The van der Waals surface area contributed by atoms with Crippen molar-refractivity contribution in [2.24, 2.45) is 5.10 Å². The van der Waals surface area contributed by atoms with E-state index in [1.807, 2.05) is 61.5 Å². The van der Waals surface area contributed by atoms with E-state index in [9.17, 15) is 4.79 Å². The van der Waals surface area contributed by atoms with Gasteiger partial charge in [-0.25, -0.2) is 5.43 Å². The van der Waals surface area contributed by atoms with Crippen LogP contribution in [-0.2, 0) is 6.61 Å². The van der Waals surface area contributed by atoms with E-state index in [0.717, 1.165) is 27.5 Å². The number of hydrazone groups is 1. The highest BCUT2D eigenvalue weighted by atomic mass is 127. The SMILES string of the molecule is Cc1ccccc1C(=O)N/N=C/c1c(OCc2ccc(I)cc2)ccc2ccccc12. The van der Waals surface area contributed by atoms with Gasteiger partial charge in [-0.05, 0) is 75.7 Å². The first kappa shape index (κ1) is 21.1. The fourth-order valence-corrected chi connectivity index (χ4v) is 3.68. The van der Waals surface area contributed by atoms with Crippen molar-refractivity contribution in [1.82, 2.24) is 5.43 Å². The average Bonchev–Trinajstić information content (AvgIpc) is 2.79. The highest BCUT2D eigenvalue weighted by Gasteiger charge is 2.09. The van der Waals surface area contributed by atoms with Crippen molar-refractivity contribution in [3.05, 3.63) is 111 Å². The number of benzene rings is 4. The Balaban J connectivity index is 1.59. The fourth-order valence-electron chi connectivity index (χ4n) is 3.32. The van der Waals surface area contributed by atoms with Crippen molar-refractivity contribution in [3.63, 3.8) is 0 Å². The van der Waals surface area contributed by atoms with Crippen LogP contribution in [0.5, 0.6) is 5.75 Å². The van der Waals surface area contributed by atoms with Crippen molar-refractivity contribution in [3.8, 4) is 5.75 Å². The summed E-state index contributed by atoms with van der Waals surface area (Å²) in [7, 11) is 0. The largest absolute Gasteiger partial charge is 0.488 e. The van der Waals surface area contributed by atoms with Crippen LogP contribution in [0.4, 0.5) is 0 Å². The van der Waals surface area contributed by atoms with Gasteiger partial charge in [-0.3, -0.25) is 4.79 Å². The lowest BCUT2D eigenvalue weighted by molar-refractivity contribution is 0.0954. The van der Waals surface area contributed by atoms with E-state index in [0.29, 0.717) is 17.9 Å². The zero-order valence-corrected chi connectivity index (χ0v) is 19.2. The highest BCUT2D eigenvalue weighted by Crippen LogP contribution is 2.27. The maximum atomic E-state index is 12.5. The molecule has 0 radical (unpaired) electrons. The van der Waals surface area contributed by atoms with Gasteiger partial charge in [0.05, 0.1) is 6.21 Å². The molecular formula is C26H21IN2O2. The molecule has 1 amide bonds. The number of fused-ring (bicyclic) bond motifs is 1. The molecule has 154 valence electrons. The van der Waals surface area contributed by atoms with E-state index in [1.54, 1.807) is 12.3 Å². The molecule has 0 aliphatic heterocycles. The number of hydrogen-bond acceptors (Lipinski definition) is 3. The molecule has 4 nitrogen and oxygen atoms in total. The molecule has 0 heterocycles. The second-order valence-corrected chi connectivity index (χ2v) is 8.37. The number of carbonyl (C=O) groups excluding carboxylic acids is 1. The molecule has 0 unspecified atom stereocenters. The highest BCUT2D eigenvalue weighted by molar-refractivity contribution is 14.1. The maximum absolute atomic E-state index is 12.5. The van der Waals surface area contributed by atoms with Crippen LogP contribution in [0.2, 0.25) is 0 Å². The van der Waals surface area contributed by atoms with E-state index in [2.05, 4.69) is 57.4 Å². The lowest BCUT2D eigenvalue weighted by Crippen LogP contribution is -2.18. The summed E-state index contributed by atoms with van der Waals surface area (Å²) in [6.07, 6.45) is 1.65. The smallest absolute Gasteiger partial charge is 0.271 e. The van der Waals surface area contributed by atoms with Gasteiger partial charge < -0.3 is 4.74 Å². The van der Waals surface area contributed by atoms with E-state index in [1.165, 1.54) is 3.57 Å². The molecule has 0 bridgehead atoms. The van der Waals surface area contributed by atoms with Crippen LogP contribution in [-0.4, -0.2) is 12.1 Å². The number of amides is 1. The zero-order chi connectivity index (χ0) is 21.6. The second-order valence-electron chi connectivity index (χ2n) is 7.13. The normalized spacial score (nSPS) is 11.0. The van der Waals surface area contributed by atoms with Crippen molar-refractivity contribution in [1.29, 1.82) is 0 Å². The molecule has 4 aromatic carbocycles. The van der Waals surface area contributed by atoms with Crippen LogP contribution in [0, 0.1) is 10.5 Å². The van der Waals surface area contributed by atoms with Crippen LogP contribution in [0.3, 0.4) is 0 Å². The molecule has 0 atom stereocenters. The van der Waals surface area contributed by atoms with Crippen LogP contribution in [0.1, 0.15) is 27.0 Å². The van der Waals surface area contributed by atoms with Gasteiger partial charge in [-0.2, -0.15) is 5.10 Å². The van der Waals surface area contributed by atoms with Gasteiger partial charge in [0.25, 0.3) is 5.91 Å². The number of hydrogen-bond donors (Lipinski definition) is 1.